The lowest BCUT2D eigenvalue weighted by molar-refractivity contribution is -0.192. The molecule has 2 N–H and O–H groups in total. The molecular formula is C17H28F3N3O3. The molecule has 0 saturated heterocycles. The molecule has 0 radical (unpaired) electrons. The van der Waals surface area contributed by atoms with Crippen LogP contribution in [0.25, 0.3) is 0 Å². The molecule has 0 aromatic carbocycles. The Bertz CT molecular complexity index is 553. The van der Waals surface area contributed by atoms with Crippen molar-refractivity contribution in [2.45, 2.75) is 64.4 Å². The maximum Gasteiger partial charge on any atom is 0.490 e. The second kappa shape index (κ2) is 9.91. The highest BCUT2D eigenvalue weighted by Gasteiger charge is 2.38. The number of carboxylic acid groups (broad SMARTS) is 1. The summed E-state index contributed by atoms with van der Waals surface area (Å²) in [5.41, 5.74) is 1.28. The zero-order chi connectivity index (χ0) is 19.9. The van der Waals surface area contributed by atoms with Crippen LogP contribution in [0.1, 0.15) is 45.1 Å². The maximum absolute atomic E-state index is 10.6. The van der Waals surface area contributed by atoms with E-state index in [0.29, 0.717) is 6.04 Å². The molecule has 1 fully saturated rings. The number of alkyl halides is 3. The number of carboxylic acids is 1. The molecule has 0 atom stereocenters. The lowest BCUT2D eigenvalue weighted by atomic mass is 9.87. The Morgan fingerprint density at radius 2 is 1.88 bits per heavy atom. The number of aliphatic hydroxyl groups excluding tert-OH is 1. The number of nitrogens with zero attached hydrogens (tertiary/aromatic N) is 3. The average molecular weight is 379 g/mol. The first-order valence-corrected chi connectivity index (χ1v) is 8.68. The van der Waals surface area contributed by atoms with E-state index in [2.05, 4.69) is 30.0 Å². The fraction of sp³-hybridized carbons (Fsp3) is 0.765. The molecule has 6 nitrogen and oxygen atoms in total. The van der Waals surface area contributed by atoms with Gasteiger partial charge < -0.3 is 10.2 Å². The number of aromatic nitrogens is 2. The van der Waals surface area contributed by atoms with Crippen molar-refractivity contribution in [1.29, 1.82) is 0 Å². The summed E-state index contributed by atoms with van der Waals surface area (Å²) >= 11 is 0. The van der Waals surface area contributed by atoms with E-state index >= 15 is 0 Å². The van der Waals surface area contributed by atoms with E-state index in [1.807, 2.05) is 17.9 Å². The number of hydrogen-bond acceptors (Lipinski definition) is 4. The van der Waals surface area contributed by atoms with Gasteiger partial charge in [0.15, 0.2) is 0 Å². The quantitative estimate of drug-likeness (QED) is 0.823. The Morgan fingerprint density at radius 1 is 1.35 bits per heavy atom. The number of halogens is 3. The maximum atomic E-state index is 10.6. The first-order chi connectivity index (χ1) is 12.0. The number of carbonyl (C=O) groups is 1. The fourth-order valence-corrected chi connectivity index (χ4v) is 2.91. The predicted molar refractivity (Wildman–Crippen MR) is 90.4 cm³/mol. The van der Waals surface area contributed by atoms with Gasteiger partial charge in [-0.05, 0) is 45.4 Å². The average Bonchev–Trinajstić information content (AvgIpc) is 2.93. The van der Waals surface area contributed by atoms with Crippen LogP contribution >= 0.6 is 0 Å². The van der Waals surface area contributed by atoms with E-state index in [-0.39, 0.29) is 6.10 Å². The minimum Gasteiger partial charge on any atom is -0.475 e. The standard InChI is InChI=1S/C15H27N3O.C2HF3O2/c1-12(2)18(11-14-8-16-17(3)9-14)10-13-4-6-15(19)7-5-13;3-2(4,5)1(6)7/h8-9,12-13,15,19H,4-7,10-11H2,1-3H3;(H,6,7). The van der Waals surface area contributed by atoms with Gasteiger partial charge in [0.05, 0.1) is 12.3 Å². The monoisotopic (exact) mass is 379 g/mol. The van der Waals surface area contributed by atoms with Gasteiger partial charge in [-0.1, -0.05) is 0 Å². The van der Waals surface area contributed by atoms with Crippen LogP contribution in [0.3, 0.4) is 0 Å². The molecule has 150 valence electrons. The summed E-state index contributed by atoms with van der Waals surface area (Å²) in [5.74, 6) is -2.02. The molecule has 1 aromatic rings. The third-order valence-corrected chi connectivity index (χ3v) is 4.43. The zero-order valence-electron chi connectivity index (χ0n) is 15.4. The van der Waals surface area contributed by atoms with Crippen LogP contribution in [0, 0.1) is 5.92 Å². The molecule has 26 heavy (non-hydrogen) atoms. The Morgan fingerprint density at radius 3 is 2.27 bits per heavy atom. The van der Waals surface area contributed by atoms with Gasteiger partial charge in [-0.15, -0.1) is 0 Å². The largest absolute Gasteiger partial charge is 0.490 e. The van der Waals surface area contributed by atoms with Crippen LogP contribution in [0.5, 0.6) is 0 Å². The van der Waals surface area contributed by atoms with Gasteiger partial charge in [0, 0.05) is 37.9 Å². The number of aryl methyl sites for hydroxylation is 1. The number of aliphatic carboxylic acids is 1. The molecule has 2 rings (SSSR count). The number of aliphatic hydroxyl groups is 1. The van der Waals surface area contributed by atoms with E-state index in [1.54, 1.807) is 0 Å². The summed E-state index contributed by atoms with van der Waals surface area (Å²) < 4.78 is 33.6. The van der Waals surface area contributed by atoms with E-state index in [9.17, 15) is 18.3 Å². The summed E-state index contributed by atoms with van der Waals surface area (Å²) in [6.45, 7) is 6.63. The van der Waals surface area contributed by atoms with Crippen molar-refractivity contribution in [3.63, 3.8) is 0 Å². The molecule has 0 spiro atoms. The molecular weight excluding hydrogens is 351 g/mol. The normalized spacial score (nSPS) is 20.8. The second-order valence-corrected chi connectivity index (χ2v) is 7.02. The number of rotatable bonds is 5. The van der Waals surface area contributed by atoms with Gasteiger partial charge in [0.2, 0.25) is 0 Å². The Balaban J connectivity index is 0.000000412. The molecule has 0 amide bonds. The van der Waals surface area contributed by atoms with Crippen molar-refractivity contribution >= 4 is 5.97 Å². The first kappa shape index (κ1) is 22.4. The summed E-state index contributed by atoms with van der Waals surface area (Å²) in [5, 5.41) is 21.0. The first-order valence-electron chi connectivity index (χ1n) is 8.68. The van der Waals surface area contributed by atoms with E-state index in [1.165, 1.54) is 5.56 Å². The van der Waals surface area contributed by atoms with Crippen LogP contribution < -0.4 is 0 Å². The van der Waals surface area contributed by atoms with Gasteiger partial charge >= 0.3 is 12.1 Å². The summed E-state index contributed by atoms with van der Waals surface area (Å²) in [6, 6.07) is 0.548. The van der Waals surface area contributed by atoms with E-state index in [0.717, 1.165) is 44.7 Å². The van der Waals surface area contributed by atoms with Crippen molar-refractivity contribution in [2.24, 2.45) is 13.0 Å². The van der Waals surface area contributed by atoms with E-state index < -0.39 is 12.1 Å². The molecule has 1 aliphatic carbocycles. The van der Waals surface area contributed by atoms with Crippen LogP contribution in [-0.2, 0) is 18.4 Å². The molecule has 9 heteroatoms. The zero-order valence-corrected chi connectivity index (χ0v) is 15.4. The highest BCUT2D eigenvalue weighted by atomic mass is 19.4. The Hall–Kier alpha value is -1.61. The predicted octanol–water partition coefficient (Wildman–Crippen LogP) is 2.81. The summed E-state index contributed by atoms with van der Waals surface area (Å²) in [7, 11) is 1.96. The highest BCUT2D eigenvalue weighted by Crippen LogP contribution is 2.26. The van der Waals surface area contributed by atoms with Crippen LogP contribution in [0.15, 0.2) is 12.4 Å². The Labute approximate surface area is 151 Å². The van der Waals surface area contributed by atoms with E-state index in [4.69, 9.17) is 9.90 Å². The molecule has 0 aliphatic heterocycles. The minimum absolute atomic E-state index is 0.0536. The van der Waals surface area contributed by atoms with Gasteiger partial charge in [0.25, 0.3) is 0 Å². The second-order valence-electron chi connectivity index (χ2n) is 7.02. The molecule has 1 saturated carbocycles. The van der Waals surface area contributed by atoms with Crippen molar-refractivity contribution < 1.29 is 28.2 Å². The third-order valence-electron chi connectivity index (χ3n) is 4.43. The molecule has 1 aromatic heterocycles. The lowest BCUT2D eigenvalue weighted by Gasteiger charge is -2.33. The topological polar surface area (TPSA) is 78.6 Å². The molecule has 0 unspecified atom stereocenters. The smallest absolute Gasteiger partial charge is 0.475 e. The van der Waals surface area contributed by atoms with Crippen molar-refractivity contribution in [3.05, 3.63) is 18.0 Å². The lowest BCUT2D eigenvalue weighted by Crippen LogP contribution is -2.36. The molecule has 0 bridgehead atoms. The fourth-order valence-electron chi connectivity index (χ4n) is 2.91. The van der Waals surface area contributed by atoms with Crippen LogP contribution in [0.2, 0.25) is 0 Å². The van der Waals surface area contributed by atoms with Crippen molar-refractivity contribution in [2.75, 3.05) is 6.54 Å². The van der Waals surface area contributed by atoms with Crippen LogP contribution in [-0.4, -0.2) is 55.7 Å². The molecule has 1 aliphatic rings. The van der Waals surface area contributed by atoms with Crippen LogP contribution in [0.4, 0.5) is 13.2 Å². The number of hydrogen-bond donors (Lipinski definition) is 2. The highest BCUT2D eigenvalue weighted by molar-refractivity contribution is 5.73. The third kappa shape index (κ3) is 8.18. The Kier molecular flexibility index (Phi) is 8.55. The van der Waals surface area contributed by atoms with Gasteiger partial charge in [0.1, 0.15) is 0 Å². The van der Waals surface area contributed by atoms with Gasteiger partial charge in [-0.2, -0.15) is 18.3 Å². The SMILES string of the molecule is CC(C)N(Cc1cnn(C)c1)CC1CCC(O)CC1.O=C(O)C(F)(F)F. The van der Waals surface area contributed by atoms with Crippen molar-refractivity contribution in [1.82, 2.24) is 14.7 Å². The van der Waals surface area contributed by atoms with Gasteiger partial charge in [-0.3, -0.25) is 9.58 Å². The van der Waals surface area contributed by atoms with Crippen molar-refractivity contribution in [3.8, 4) is 0 Å². The van der Waals surface area contributed by atoms with Gasteiger partial charge in [-0.25, -0.2) is 4.79 Å². The molecule has 1 heterocycles. The summed E-state index contributed by atoms with van der Waals surface area (Å²) in [6.07, 6.45) is 3.20. The minimum atomic E-state index is -5.08. The summed E-state index contributed by atoms with van der Waals surface area (Å²) in [4.78, 5) is 11.4.